The van der Waals surface area contributed by atoms with Gasteiger partial charge < -0.3 is 10.0 Å². The molecule has 0 aromatic rings. The fourth-order valence-electron chi connectivity index (χ4n) is 2.83. The van der Waals surface area contributed by atoms with Crippen LogP contribution in [0.5, 0.6) is 0 Å². The molecular weight excluding hydrogens is 130 g/mol. The summed E-state index contributed by atoms with van der Waals surface area (Å²) in [7, 11) is 0. The third-order valence-corrected chi connectivity index (χ3v) is 3.23. The van der Waals surface area contributed by atoms with Crippen molar-refractivity contribution >= 4 is 0 Å². The lowest BCUT2D eigenvalue weighted by atomic mass is 9.95. The molecule has 0 amide bonds. The van der Waals surface area contributed by atoms with E-state index in [1.807, 2.05) is 0 Å². The molecule has 1 saturated heterocycles. The molecule has 0 radical (unpaired) electrons. The van der Waals surface area contributed by atoms with Crippen molar-refractivity contribution in [1.29, 1.82) is 0 Å². The van der Waals surface area contributed by atoms with Crippen LogP contribution in [0.2, 0.25) is 0 Å². The van der Waals surface area contributed by atoms with Crippen LogP contribution in [0.3, 0.4) is 0 Å². The minimum absolute atomic E-state index is 0.226. The predicted octanol–water partition coefficient (Wildman–Crippen LogP) is 0.899. The molecule has 0 N–H and O–H groups in total. The van der Waals surface area contributed by atoms with Gasteiger partial charge in [0, 0.05) is 12.0 Å². The fraction of sp³-hybridized carbons (Fsp3) is 1.00. The molecule has 10 heavy (non-hydrogen) atoms. The smallest absolute Gasteiger partial charge is 0.0827 e. The zero-order valence-corrected chi connectivity index (χ0v) is 5.69. The van der Waals surface area contributed by atoms with Gasteiger partial charge in [-0.05, 0) is 25.2 Å². The van der Waals surface area contributed by atoms with Crippen LogP contribution in [0.4, 0.5) is 0 Å². The van der Waals surface area contributed by atoms with Crippen molar-refractivity contribution in [3.8, 4) is 0 Å². The minimum atomic E-state index is 0.226. The molecular formula is C7H10NO2-. The number of hydrogen-bond acceptors (Lipinski definition) is 3. The van der Waals surface area contributed by atoms with Crippen LogP contribution in [-0.2, 0) is 4.84 Å². The molecule has 2 saturated carbocycles. The van der Waals surface area contributed by atoms with E-state index >= 15 is 0 Å². The zero-order chi connectivity index (χ0) is 6.72. The number of fused-ring (bicyclic) bond motifs is 1. The van der Waals surface area contributed by atoms with Crippen molar-refractivity contribution in [3.05, 3.63) is 5.21 Å². The second-order valence-corrected chi connectivity index (χ2v) is 3.73. The van der Waals surface area contributed by atoms with E-state index < -0.39 is 0 Å². The molecule has 2 aliphatic carbocycles. The van der Waals surface area contributed by atoms with Crippen LogP contribution in [-0.4, -0.2) is 17.4 Å². The minimum Gasteiger partial charge on any atom is -0.762 e. The zero-order valence-electron chi connectivity index (χ0n) is 5.69. The molecule has 3 aliphatic rings. The van der Waals surface area contributed by atoms with Gasteiger partial charge >= 0.3 is 0 Å². The Kier molecular flexibility index (Phi) is 0.854. The van der Waals surface area contributed by atoms with Gasteiger partial charge in [0.05, 0.1) is 6.10 Å². The van der Waals surface area contributed by atoms with Crippen molar-refractivity contribution in [2.45, 2.75) is 31.4 Å². The molecule has 0 spiro atoms. The summed E-state index contributed by atoms with van der Waals surface area (Å²) in [6.07, 6.45) is 3.76. The Hall–Kier alpha value is -0.120. The van der Waals surface area contributed by atoms with E-state index in [1.165, 1.54) is 6.42 Å². The maximum absolute atomic E-state index is 11.0. The van der Waals surface area contributed by atoms with Gasteiger partial charge in [-0.2, -0.15) is 0 Å². The van der Waals surface area contributed by atoms with Gasteiger partial charge in [-0.25, -0.2) is 0 Å². The van der Waals surface area contributed by atoms with E-state index in [-0.39, 0.29) is 6.04 Å². The molecule has 3 fully saturated rings. The van der Waals surface area contributed by atoms with E-state index in [0.717, 1.165) is 24.0 Å². The Morgan fingerprint density at radius 2 is 2.20 bits per heavy atom. The van der Waals surface area contributed by atoms with E-state index in [1.54, 1.807) is 0 Å². The van der Waals surface area contributed by atoms with Gasteiger partial charge in [0.1, 0.15) is 0 Å². The average Bonchev–Trinajstić information content (AvgIpc) is 2.44. The van der Waals surface area contributed by atoms with Crippen molar-refractivity contribution < 1.29 is 4.84 Å². The summed E-state index contributed by atoms with van der Waals surface area (Å²) in [5, 5.41) is 11.8. The van der Waals surface area contributed by atoms with E-state index in [4.69, 9.17) is 4.84 Å². The van der Waals surface area contributed by atoms with Crippen molar-refractivity contribution in [1.82, 2.24) is 5.23 Å². The molecule has 56 valence electrons. The Bertz CT molecular complexity index is 171. The van der Waals surface area contributed by atoms with Crippen LogP contribution in [0.15, 0.2) is 0 Å². The van der Waals surface area contributed by atoms with Crippen LogP contribution < -0.4 is 0 Å². The van der Waals surface area contributed by atoms with Crippen molar-refractivity contribution in [3.63, 3.8) is 0 Å². The summed E-state index contributed by atoms with van der Waals surface area (Å²) < 4.78 is 0. The summed E-state index contributed by atoms with van der Waals surface area (Å²) in [4.78, 5) is 5.12. The standard InChI is InChI=1S/C7H10NO2/c9-8-6-2-4-1-5(6)7(3-4)10-8/h4-7H,1-3H2/q-1/t4?,5-,6?,7?/m0/s1. The molecule has 3 heteroatoms. The number of nitrogens with zero attached hydrogens (tertiary/aromatic N) is 1. The molecule has 1 heterocycles. The highest BCUT2D eigenvalue weighted by atomic mass is 16.9. The molecule has 0 aromatic heterocycles. The average molecular weight is 140 g/mol. The molecule has 3 rings (SSSR count). The summed E-state index contributed by atoms with van der Waals surface area (Å²) in [6, 6.07) is 0.226. The van der Waals surface area contributed by atoms with E-state index in [0.29, 0.717) is 12.0 Å². The van der Waals surface area contributed by atoms with Crippen molar-refractivity contribution in [2.24, 2.45) is 11.8 Å². The van der Waals surface area contributed by atoms with Crippen molar-refractivity contribution in [2.75, 3.05) is 0 Å². The maximum Gasteiger partial charge on any atom is 0.0827 e. The monoisotopic (exact) mass is 140 g/mol. The Morgan fingerprint density at radius 1 is 1.30 bits per heavy atom. The predicted molar refractivity (Wildman–Crippen MR) is 34.7 cm³/mol. The molecule has 1 aliphatic heterocycles. The first-order valence-electron chi connectivity index (χ1n) is 3.98. The third-order valence-electron chi connectivity index (χ3n) is 3.23. The Morgan fingerprint density at radius 3 is 2.80 bits per heavy atom. The third kappa shape index (κ3) is 0.480. The number of hydroxylamine groups is 2. The first kappa shape index (κ1) is 5.52. The second kappa shape index (κ2) is 1.55. The van der Waals surface area contributed by atoms with Crippen LogP contribution in [0.25, 0.3) is 0 Å². The number of hydrogen-bond donors (Lipinski definition) is 0. The lowest BCUT2D eigenvalue weighted by Crippen LogP contribution is -2.24. The Balaban J connectivity index is 1.98. The molecule has 3 unspecified atom stereocenters. The maximum atomic E-state index is 11.0. The summed E-state index contributed by atoms with van der Waals surface area (Å²) >= 11 is 0. The van der Waals surface area contributed by atoms with Gasteiger partial charge in [-0.15, -0.1) is 0 Å². The fourth-order valence-corrected chi connectivity index (χ4v) is 2.83. The first-order chi connectivity index (χ1) is 4.84. The summed E-state index contributed by atoms with van der Waals surface area (Å²) in [5.74, 6) is 1.39. The normalized spacial score (nSPS) is 58.5. The lowest BCUT2D eigenvalue weighted by Gasteiger charge is -2.25. The largest absolute Gasteiger partial charge is 0.762 e. The number of rotatable bonds is 0. The quantitative estimate of drug-likeness (QED) is 0.501. The summed E-state index contributed by atoms with van der Waals surface area (Å²) in [6.45, 7) is 0. The van der Waals surface area contributed by atoms with Crippen LogP contribution in [0.1, 0.15) is 19.3 Å². The SMILES string of the molecule is [O-]N1OC2CC3CC1[C@@H]2C3. The van der Waals surface area contributed by atoms with Gasteiger partial charge in [-0.3, -0.25) is 5.23 Å². The van der Waals surface area contributed by atoms with Crippen LogP contribution >= 0.6 is 0 Å². The highest BCUT2D eigenvalue weighted by molar-refractivity contribution is 5.02. The summed E-state index contributed by atoms with van der Waals surface area (Å²) in [5.41, 5.74) is 0. The molecule has 0 aromatic carbocycles. The van der Waals surface area contributed by atoms with Gasteiger partial charge in [0.25, 0.3) is 0 Å². The molecule has 3 nitrogen and oxygen atoms in total. The van der Waals surface area contributed by atoms with Crippen LogP contribution in [0, 0.1) is 17.0 Å². The highest BCUT2D eigenvalue weighted by Gasteiger charge is 2.52. The van der Waals surface area contributed by atoms with Gasteiger partial charge in [0.2, 0.25) is 0 Å². The first-order valence-corrected chi connectivity index (χ1v) is 3.98. The molecule has 2 bridgehead atoms. The molecule has 4 atom stereocenters. The van der Waals surface area contributed by atoms with E-state index in [9.17, 15) is 5.21 Å². The Labute approximate surface area is 59.5 Å². The van der Waals surface area contributed by atoms with E-state index in [2.05, 4.69) is 0 Å². The van der Waals surface area contributed by atoms with Gasteiger partial charge in [0.15, 0.2) is 0 Å². The lowest BCUT2D eigenvalue weighted by molar-refractivity contribution is -0.117. The second-order valence-electron chi connectivity index (χ2n) is 3.73. The van der Waals surface area contributed by atoms with Gasteiger partial charge in [-0.1, -0.05) is 0 Å². The topological polar surface area (TPSA) is 35.5 Å². The highest BCUT2D eigenvalue weighted by Crippen LogP contribution is 2.52.